The van der Waals surface area contributed by atoms with Gasteiger partial charge in [-0.05, 0) is 12.3 Å². The molecule has 0 amide bonds. The molecule has 1 aromatic rings. The zero-order valence-electron chi connectivity index (χ0n) is 10.7. The highest BCUT2D eigenvalue weighted by Crippen LogP contribution is 2.19. The summed E-state index contributed by atoms with van der Waals surface area (Å²) in [5, 5.41) is 8.04. The first kappa shape index (κ1) is 13.0. The lowest BCUT2D eigenvalue weighted by Crippen LogP contribution is -2.07. The van der Waals surface area contributed by atoms with E-state index in [1.807, 2.05) is 4.68 Å². The summed E-state index contributed by atoms with van der Waals surface area (Å²) in [5.74, 6) is 0.981. The van der Waals surface area contributed by atoms with Gasteiger partial charge in [0.25, 0.3) is 0 Å². The number of hydrogen-bond donors (Lipinski definition) is 1. The second kappa shape index (κ2) is 6.51. The fourth-order valence-corrected chi connectivity index (χ4v) is 1.96. The Balaban J connectivity index is 2.41. The van der Waals surface area contributed by atoms with E-state index in [1.165, 1.54) is 32.1 Å². The average Bonchev–Trinajstić information content (AvgIpc) is 2.59. The van der Waals surface area contributed by atoms with Crippen LogP contribution in [0.25, 0.3) is 0 Å². The molecule has 0 spiro atoms. The third kappa shape index (κ3) is 3.51. The fourth-order valence-electron chi connectivity index (χ4n) is 1.96. The van der Waals surface area contributed by atoms with Gasteiger partial charge in [-0.25, -0.2) is 4.68 Å². The van der Waals surface area contributed by atoms with Crippen molar-refractivity contribution < 1.29 is 0 Å². The topological polar surface area (TPSA) is 56.7 Å². The number of anilines is 1. The lowest BCUT2D eigenvalue weighted by Gasteiger charge is -2.09. The van der Waals surface area contributed by atoms with Crippen LogP contribution in [0.1, 0.15) is 64.5 Å². The molecule has 0 bridgehead atoms. The van der Waals surface area contributed by atoms with Crippen LogP contribution in [0.3, 0.4) is 0 Å². The molecule has 0 radical (unpaired) electrons. The summed E-state index contributed by atoms with van der Waals surface area (Å²) in [6.45, 7) is 7.43. The van der Waals surface area contributed by atoms with Gasteiger partial charge in [0.1, 0.15) is 0 Å². The third-order valence-electron chi connectivity index (χ3n) is 2.82. The Hall–Kier alpha value is -1.06. The molecule has 0 saturated carbocycles. The molecule has 0 atom stereocenters. The Bertz CT molecular complexity index is 304. The normalized spacial score (nSPS) is 11.2. The van der Waals surface area contributed by atoms with Gasteiger partial charge >= 0.3 is 0 Å². The maximum absolute atomic E-state index is 5.80. The van der Waals surface area contributed by atoms with Crippen molar-refractivity contribution in [3.05, 3.63) is 5.69 Å². The standard InChI is InChI=1S/C12H24N4/c1-4-5-6-7-8-9-16-11(10(2)3)12(13)14-15-16/h10H,4-9,13H2,1-3H3. The van der Waals surface area contributed by atoms with Gasteiger partial charge in [0.15, 0.2) is 5.82 Å². The van der Waals surface area contributed by atoms with Crippen LogP contribution in [0.15, 0.2) is 0 Å². The number of nitrogens with two attached hydrogens (primary N) is 1. The predicted octanol–water partition coefficient (Wildman–Crippen LogP) is 2.95. The number of rotatable bonds is 7. The molecular formula is C12H24N4. The summed E-state index contributed by atoms with van der Waals surface area (Å²) < 4.78 is 1.96. The van der Waals surface area contributed by atoms with E-state index < -0.39 is 0 Å². The molecule has 0 aliphatic rings. The van der Waals surface area contributed by atoms with Crippen LogP contribution in [0.2, 0.25) is 0 Å². The third-order valence-corrected chi connectivity index (χ3v) is 2.82. The van der Waals surface area contributed by atoms with Crippen molar-refractivity contribution in [1.82, 2.24) is 15.0 Å². The van der Waals surface area contributed by atoms with Gasteiger partial charge < -0.3 is 5.73 Å². The lowest BCUT2D eigenvalue weighted by atomic mass is 10.1. The van der Waals surface area contributed by atoms with Gasteiger partial charge in [-0.3, -0.25) is 0 Å². The number of unbranched alkanes of at least 4 members (excludes halogenated alkanes) is 4. The van der Waals surface area contributed by atoms with Gasteiger partial charge in [-0.15, -0.1) is 5.10 Å². The quantitative estimate of drug-likeness (QED) is 0.724. The van der Waals surface area contributed by atoms with Crippen molar-refractivity contribution >= 4 is 5.82 Å². The second-order valence-corrected chi connectivity index (χ2v) is 4.65. The summed E-state index contributed by atoms with van der Waals surface area (Å²) in [4.78, 5) is 0. The molecule has 0 aromatic carbocycles. The van der Waals surface area contributed by atoms with Gasteiger partial charge in [0.05, 0.1) is 5.69 Å². The number of aromatic nitrogens is 3. The fraction of sp³-hybridized carbons (Fsp3) is 0.833. The first-order chi connectivity index (χ1) is 7.66. The van der Waals surface area contributed by atoms with E-state index in [1.54, 1.807) is 0 Å². The first-order valence-corrected chi connectivity index (χ1v) is 6.35. The van der Waals surface area contributed by atoms with Gasteiger partial charge in [-0.2, -0.15) is 0 Å². The Morgan fingerprint density at radius 3 is 2.50 bits per heavy atom. The van der Waals surface area contributed by atoms with Crippen LogP contribution < -0.4 is 5.73 Å². The van der Waals surface area contributed by atoms with Crippen molar-refractivity contribution in [2.24, 2.45) is 0 Å². The number of nitrogen functional groups attached to an aromatic ring is 1. The number of nitrogens with zero attached hydrogens (tertiary/aromatic N) is 3. The Morgan fingerprint density at radius 2 is 1.88 bits per heavy atom. The number of aryl methyl sites for hydroxylation is 1. The summed E-state index contributed by atoms with van der Waals surface area (Å²) in [6.07, 6.45) is 6.37. The highest BCUT2D eigenvalue weighted by molar-refractivity contribution is 5.34. The molecule has 0 saturated heterocycles. The van der Waals surface area contributed by atoms with E-state index in [2.05, 4.69) is 31.1 Å². The van der Waals surface area contributed by atoms with Gasteiger partial charge in [-0.1, -0.05) is 51.7 Å². The molecule has 4 nitrogen and oxygen atoms in total. The van der Waals surface area contributed by atoms with E-state index in [4.69, 9.17) is 5.73 Å². The highest BCUT2D eigenvalue weighted by atomic mass is 15.4. The molecule has 4 heteroatoms. The zero-order valence-corrected chi connectivity index (χ0v) is 10.7. The Labute approximate surface area is 98.2 Å². The minimum Gasteiger partial charge on any atom is -0.381 e. The molecule has 92 valence electrons. The van der Waals surface area contributed by atoms with Crippen molar-refractivity contribution in [1.29, 1.82) is 0 Å². The smallest absolute Gasteiger partial charge is 0.169 e. The molecular weight excluding hydrogens is 200 g/mol. The minimum atomic E-state index is 0.394. The van der Waals surface area contributed by atoms with E-state index in [0.717, 1.165) is 12.2 Å². The lowest BCUT2D eigenvalue weighted by molar-refractivity contribution is 0.499. The molecule has 2 N–H and O–H groups in total. The summed E-state index contributed by atoms with van der Waals surface area (Å²) >= 11 is 0. The van der Waals surface area contributed by atoms with E-state index in [-0.39, 0.29) is 0 Å². The first-order valence-electron chi connectivity index (χ1n) is 6.35. The van der Waals surface area contributed by atoms with Crippen molar-refractivity contribution in [3.8, 4) is 0 Å². The summed E-state index contributed by atoms with van der Waals surface area (Å²) in [5.41, 5.74) is 6.88. The van der Waals surface area contributed by atoms with Crippen LogP contribution in [0.4, 0.5) is 5.82 Å². The molecule has 0 fully saturated rings. The molecule has 0 unspecified atom stereocenters. The molecule has 1 heterocycles. The zero-order chi connectivity index (χ0) is 12.0. The second-order valence-electron chi connectivity index (χ2n) is 4.65. The Morgan fingerprint density at radius 1 is 1.19 bits per heavy atom. The summed E-state index contributed by atoms with van der Waals surface area (Å²) in [7, 11) is 0. The molecule has 16 heavy (non-hydrogen) atoms. The van der Waals surface area contributed by atoms with E-state index in [0.29, 0.717) is 11.7 Å². The van der Waals surface area contributed by atoms with Crippen molar-refractivity contribution in [3.63, 3.8) is 0 Å². The maximum atomic E-state index is 5.80. The van der Waals surface area contributed by atoms with Gasteiger partial charge in [0.2, 0.25) is 0 Å². The summed E-state index contributed by atoms with van der Waals surface area (Å²) in [6, 6.07) is 0. The number of hydrogen-bond acceptors (Lipinski definition) is 3. The maximum Gasteiger partial charge on any atom is 0.169 e. The Kier molecular flexibility index (Phi) is 5.29. The van der Waals surface area contributed by atoms with Crippen LogP contribution in [0.5, 0.6) is 0 Å². The minimum absolute atomic E-state index is 0.394. The van der Waals surface area contributed by atoms with E-state index in [9.17, 15) is 0 Å². The molecule has 0 aliphatic carbocycles. The van der Waals surface area contributed by atoms with E-state index >= 15 is 0 Å². The van der Waals surface area contributed by atoms with Crippen LogP contribution in [0, 0.1) is 0 Å². The monoisotopic (exact) mass is 224 g/mol. The van der Waals surface area contributed by atoms with Crippen molar-refractivity contribution in [2.45, 2.75) is 65.3 Å². The SMILES string of the molecule is CCCCCCCn1nnc(N)c1C(C)C. The van der Waals surface area contributed by atoms with Crippen LogP contribution in [-0.2, 0) is 6.54 Å². The largest absolute Gasteiger partial charge is 0.381 e. The average molecular weight is 224 g/mol. The molecule has 1 aromatic heterocycles. The highest BCUT2D eigenvalue weighted by Gasteiger charge is 2.12. The van der Waals surface area contributed by atoms with Crippen molar-refractivity contribution in [2.75, 3.05) is 5.73 Å². The molecule has 0 aliphatic heterocycles. The van der Waals surface area contributed by atoms with Crippen LogP contribution >= 0.6 is 0 Å². The van der Waals surface area contributed by atoms with Gasteiger partial charge in [0, 0.05) is 6.54 Å². The molecule has 1 rings (SSSR count). The van der Waals surface area contributed by atoms with Crippen LogP contribution in [-0.4, -0.2) is 15.0 Å². The predicted molar refractivity (Wildman–Crippen MR) is 67.3 cm³/mol.